The van der Waals surface area contributed by atoms with Gasteiger partial charge in [0.2, 0.25) is 0 Å². The van der Waals surface area contributed by atoms with E-state index >= 15 is 0 Å². The van der Waals surface area contributed by atoms with Crippen molar-refractivity contribution >= 4 is 60.3 Å². The van der Waals surface area contributed by atoms with Crippen molar-refractivity contribution in [1.82, 2.24) is 5.32 Å². The van der Waals surface area contributed by atoms with E-state index in [1.807, 2.05) is 34.6 Å². The predicted molar refractivity (Wildman–Crippen MR) is 234 cm³/mol. The number of alkyl carbamates (subject to hydrolysis) is 1. The molecule has 3 heterocycles. The largest absolute Gasteiger partial charge is 0.463 e. The maximum Gasteiger partial charge on any atom is 0.407 e. The van der Waals surface area contributed by atoms with Crippen LogP contribution in [0.2, 0.25) is 0 Å². The van der Waals surface area contributed by atoms with Gasteiger partial charge >= 0.3 is 30.0 Å². The topological polar surface area (TPSA) is 274 Å². The third-order valence-electron chi connectivity index (χ3n) is 16.2. The van der Waals surface area contributed by atoms with Crippen LogP contribution in [0.5, 0.6) is 0 Å². The van der Waals surface area contributed by atoms with Crippen molar-refractivity contribution in [2.75, 3.05) is 19.8 Å². The minimum absolute atomic E-state index is 0.0130. The third kappa shape index (κ3) is 9.97. The van der Waals surface area contributed by atoms with Gasteiger partial charge in [0.25, 0.3) is 30.4 Å². The Morgan fingerprint density at radius 2 is 0.866 bits per heavy atom. The Hall–Kier alpha value is -3.12. The zero-order valence-corrected chi connectivity index (χ0v) is 42.1. The van der Waals surface area contributed by atoms with Crippen LogP contribution in [-0.2, 0) is 85.8 Å². The van der Waals surface area contributed by atoms with Gasteiger partial charge in [-0.25, -0.2) is 9.59 Å². The van der Waals surface area contributed by atoms with Crippen LogP contribution < -0.4 is 5.32 Å². The summed E-state index contributed by atoms with van der Waals surface area (Å²) in [5.74, 6) is -1.60. The second-order valence-corrected chi connectivity index (χ2v) is 26.9. The molecular weight excluding hydrogens is 943 g/mol. The lowest BCUT2D eigenvalue weighted by molar-refractivity contribution is -0.171. The summed E-state index contributed by atoms with van der Waals surface area (Å²) in [6, 6.07) is 0. The van der Waals surface area contributed by atoms with Gasteiger partial charge in [-0.2, -0.15) is 25.3 Å². The molecule has 0 spiro atoms. The summed E-state index contributed by atoms with van der Waals surface area (Å²) in [4.78, 5) is 59.7. The van der Waals surface area contributed by atoms with Crippen LogP contribution in [0.25, 0.3) is 0 Å². The highest BCUT2D eigenvalue weighted by Crippen LogP contribution is 2.57. The number of rotatable bonds is 14. The number of nitrogens with one attached hydrogen (secondary N) is 1. The van der Waals surface area contributed by atoms with E-state index in [0.29, 0.717) is 44.9 Å². The first-order chi connectivity index (χ1) is 31.1. The Kier molecular flexibility index (Phi) is 14.3. The standard InChI is InChI=1S/C16H25NO7S.C15H22O7S.C13H20O5S/c1-4-16(2,3)14(18)22-6-5-17-15(19)23-12-9-7-10-11(8-9)25(20,21)24-13(10)12;1-4-15(2,3)14(17)20-7-11(16)21-12-8-5-9-10(6-8)23(18,19)22-13(9)12;1-4-13(2,3)12(14)17-10-7-5-8-9(6-7)19(15,16)18-11(8)10/h9-13H,4-8H2,1-3H3,(H,17,19);8-10,12-13H,4-7H2,1-3H3;7-11H,4-6H2,1-3H3. The van der Waals surface area contributed by atoms with Crippen LogP contribution in [0.15, 0.2) is 0 Å². The molecule has 9 rings (SSSR count). The number of hydrogen-bond donors (Lipinski definition) is 1. The van der Waals surface area contributed by atoms with E-state index in [0.717, 1.165) is 12.8 Å². The number of amides is 1. The Morgan fingerprint density at radius 3 is 1.27 bits per heavy atom. The van der Waals surface area contributed by atoms with E-state index in [4.69, 9.17) is 36.2 Å². The maximum absolute atomic E-state index is 12.1. The van der Waals surface area contributed by atoms with Gasteiger partial charge in [-0.3, -0.25) is 26.9 Å². The molecule has 6 saturated carbocycles. The quantitative estimate of drug-likeness (QED) is 0.112. The number of ether oxygens (including phenoxy) is 5. The number of carbonyl (C=O) groups excluding carboxylic acids is 5. The minimum Gasteiger partial charge on any atom is -0.463 e. The first kappa shape index (κ1) is 51.7. The van der Waals surface area contributed by atoms with Crippen LogP contribution >= 0.6 is 0 Å². The minimum atomic E-state index is -3.53. The normalized spacial score (nSPS) is 37.7. The molecule has 3 saturated heterocycles. The van der Waals surface area contributed by atoms with E-state index in [9.17, 15) is 49.2 Å². The number of carbonyl (C=O) groups is 5. The Morgan fingerprint density at radius 1 is 0.507 bits per heavy atom. The summed E-state index contributed by atoms with van der Waals surface area (Å²) >= 11 is 0. The summed E-state index contributed by atoms with van der Waals surface area (Å²) < 4.78 is 113. The first-order valence-electron chi connectivity index (χ1n) is 23.5. The molecule has 15 unspecified atom stereocenters. The van der Waals surface area contributed by atoms with Crippen LogP contribution in [-0.4, -0.2) is 127 Å². The highest BCUT2D eigenvalue weighted by atomic mass is 32.2. The molecule has 0 aromatic rings. The lowest BCUT2D eigenvalue weighted by atomic mass is 9.89. The van der Waals surface area contributed by atoms with Gasteiger partial charge in [-0.15, -0.1) is 0 Å². The van der Waals surface area contributed by atoms with Crippen LogP contribution in [0.3, 0.4) is 0 Å². The molecule has 380 valence electrons. The molecule has 15 atom stereocenters. The van der Waals surface area contributed by atoms with Gasteiger partial charge in [0.1, 0.15) is 43.2 Å². The van der Waals surface area contributed by atoms with E-state index in [-0.39, 0.29) is 72.0 Å². The number of hydrogen-bond acceptors (Lipinski definition) is 19. The zero-order valence-electron chi connectivity index (χ0n) is 39.6. The molecule has 3 aliphatic heterocycles. The number of esters is 4. The Balaban J connectivity index is 0.000000150. The molecule has 1 amide bonds. The van der Waals surface area contributed by atoms with Gasteiger partial charge < -0.3 is 29.0 Å². The van der Waals surface area contributed by atoms with Gasteiger partial charge in [-0.1, -0.05) is 20.8 Å². The van der Waals surface area contributed by atoms with Crippen molar-refractivity contribution < 1.29 is 85.5 Å². The van der Waals surface area contributed by atoms with Crippen molar-refractivity contribution in [2.24, 2.45) is 51.8 Å². The van der Waals surface area contributed by atoms with E-state index in [2.05, 4.69) is 5.32 Å². The molecule has 0 aromatic carbocycles. The third-order valence-corrected chi connectivity index (χ3v) is 21.6. The fourth-order valence-corrected chi connectivity index (χ4v) is 16.7. The summed E-state index contributed by atoms with van der Waals surface area (Å²) in [5, 5.41) is 1.28. The maximum atomic E-state index is 12.1. The molecule has 67 heavy (non-hydrogen) atoms. The highest BCUT2D eigenvalue weighted by Gasteiger charge is 2.67. The summed E-state index contributed by atoms with van der Waals surface area (Å²) in [6.45, 7) is 16.2. The van der Waals surface area contributed by atoms with Crippen LogP contribution in [0.1, 0.15) is 120 Å². The summed E-state index contributed by atoms with van der Waals surface area (Å²) in [6.07, 6.45) is 2.05. The second kappa shape index (κ2) is 18.6. The van der Waals surface area contributed by atoms with Crippen molar-refractivity contribution in [3.63, 3.8) is 0 Å². The van der Waals surface area contributed by atoms with Crippen LogP contribution in [0.4, 0.5) is 4.79 Å². The molecule has 0 aromatic heterocycles. The van der Waals surface area contributed by atoms with Gasteiger partial charge in [-0.05, 0) is 99.3 Å². The predicted octanol–water partition coefficient (Wildman–Crippen LogP) is 3.68. The van der Waals surface area contributed by atoms with Gasteiger partial charge in [0.15, 0.2) is 6.61 Å². The lowest BCUT2D eigenvalue weighted by Crippen LogP contribution is -2.40. The average Bonchev–Trinajstić information content (AvgIpc) is 4.15. The molecule has 1 N–H and O–H groups in total. The highest BCUT2D eigenvalue weighted by molar-refractivity contribution is 7.88. The smallest absolute Gasteiger partial charge is 0.407 e. The van der Waals surface area contributed by atoms with Crippen molar-refractivity contribution in [2.45, 2.75) is 172 Å². The van der Waals surface area contributed by atoms with E-state index in [1.54, 1.807) is 27.7 Å². The van der Waals surface area contributed by atoms with Gasteiger partial charge in [0.05, 0.1) is 38.5 Å². The first-order valence-corrected chi connectivity index (χ1v) is 27.9. The lowest BCUT2D eigenvalue weighted by Gasteiger charge is -2.29. The Bertz CT molecular complexity index is 2300. The fraction of sp³-hybridized carbons (Fsp3) is 0.886. The SMILES string of the molecule is CCC(C)(C)C(=O)OC1C2CC3C1OS(=O)(=O)C3C2.CCC(C)(C)C(=O)OCC(=O)OC1C2CC3C1OS(=O)(=O)C3C2.CCC(C)(C)C(=O)OCCNC(=O)OC1C2CC3C1OS(=O)(=O)C3C2. The Labute approximate surface area is 393 Å². The van der Waals surface area contributed by atoms with Crippen molar-refractivity contribution in [3.05, 3.63) is 0 Å². The molecule has 9 fully saturated rings. The molecule has 6 bridgehead atoms. The second-order valence-electron chi connectivity index (χ2n) is 21.5. The summed E-state index contributed by atoms with van der Waals surface area (Å²) in [7, 11) is -10.5. The average molecular weight is 1010 g/mol. The zero-order chi connectivity index (χ0) is 49.4. The van der Waals surface area contributed by atoms with E-state index in [1.165, 1.54) is 0 Å². The molecule has 0 radical (unpaired) electrons. The molecule has 23 heteroatoms. The van der Waals surface area contributed by atoms with Crippen molar-refractivity contribution in [1.29, 1.82) is 0 Å². The molecule has 9 aliphatic rings. The van der Waals surface area contributed by atoms with Crippen LogP contribution in [0, 0.1) is 51.8 Å². The van der Waals surface area contributed by atoms with Gasteiger partial charge in [0, 0.05) is 35.5 Å². The molecule has 6 aliphatic carbocycles. The number of fused-ring (bicyclic) bond motifs is 3. The van der Waals surface area contributed by atoms with E-state index < -0.39 is 112 Å². The molecular formula is C44H67NO19S3. The summed E-state index contributed by atoms with van der Waals surface area (Å²) in [5.41, 5.74) is -1.73. The fourth-order valence-electron chi connectivity index (χ4n) is 11.0. The van der Waals surface area contributed by atoms with Crippen molar-refractivity contribution in [3.8, 4) is 0 Å². The molecule has 20 nitrogen and oxygen atoms in total. The monoisotopic (exact) mass is 1010 g/mol.